The maximum Gasteiger partial charge on any atom is 0.00832 e. The smallest absolute Gasteiger partial charge is 0.00832 e. The van der Waals surface area contributed by atoms with E-state index in [2.05, 4.69) is 26.3 Å². The van der Waals surface area contributed by atoms with E-state index < -0.39 is 0 Å². The molecule has 20 heavy (non-hydrogen) atoms. The summed E-state index contributed by atoms with van der Waals surface area (Å²) in [6, 6.07) is 0. The second kappa shape index (κ2) is 12.5. The van der Waals surface area contributed by atoms with Crippen molar-refractivity contribution in [2.45, 2.75) is 104 Å². The van der Waals surface area contributed by atoms with Crippen LogP contribution in [0.3, 0.4) is 0 Å². The molecule has 1 aliphatic carbocycles. The Morgan fingerprint density at radius 3 is 1.45 bits per heavy atom. The summed E-state index contributed by atoms with van der Waals surface area (Å²) in [6.45, 7) is 4.60. The molecular formula is C20H37. The molecule has 0 nitrogen and oxygen atoms in total. The number of unbranched alkanes of at least 4 members (excludes halogenated alkanes) is 10. The van der Waals surface area contributed by atoms with E-state index in [1.165, 1.54) is 89.9 Å². The van der Waals surface area contributed by atoms with Crippen LogP contribution in [0.2, 0.25) is 0 Å². The minimum absolute atomic E-state index is 0.910. The second-order valence-electron chi connectivity index (χ2n) is 6.64. The van der Waals surface area contributed by atoms with Crippen LogP contribution in [0.5, 0.6) is 0 Å². The Balaban J connectivity index is 1.96. The number of hydrogen-bond acceptors (Lipinski definition) is 0. The van der Waals surface area contributed by atoms with E-state index in [1.807, 2.05) is 0 Å². The Labute approximate surface area is 128 Å². The van der Waals surface area contributed by atoms with Gasteiger partial charge in [-0.1, -0.05) is 103 Å². The average molecular weight is 278 g/mol. The molecule has 0 aliphatic heterocycles. The fourth-order valence-electron chi connectivity index (χ4n) is 3.14. The van der Waals surface area contributed by atoms with E-state index >= 15 is 0 Å². The van der Waals surface area contributed by atoms with Crippen LogP contribution in [0.1, 0.15) is 104 Å². The third kappa shape index (κ3) is 9.61. The first-order valence-electron chi connectivity index (χ1n) is 9.43. The fraction of sp³-hybridized carbons (Fsp3) is 0.850. The molecule has 1 rings (SSSR count). The zero-order chi connectivity index (χ0) is 14.5. The van der Waals surface area contributed by atoms with E-state index in [0.29, 0.717) is 0 Å². The molecule has 0 spiro atoms. The van der Waals surface area contributed by atoms with Crippen molar-refractivity contribution in [1.82, 2.24) is 0 Å². The molecule has 1 aliphatic rings. The minimum atomic E-state index is 0.910. The first kappa shape index (κ1) is 17.8. The fourth-order valence-corrected chi connectivity index (χ4v) is 3.14. The van der Waals surface area contributed by atoms with Gasteiger partial charge < -0.3 is 0 Å². The highest BCUT2D eigenvalue weighted by molar-refractivity contribution is 5.40. The van der Waals surface area contributed by atoms with Gasteiger partial charge in [-0.05, 0) is 18.8 Å². The molecule has 0 fully saturated rings. The van der Waals surface area contributed by atoms with Gasteiger partial charge in [0.1, 0.15) is 0 Å². The van der Waals surface area contributed by atoms with Crippen LogP contribution in [0, 0.1) is 12.3 Å². The highest BCUT2D eigenvalue weighted by Gasteiger charge is 2.19. The van der Waals surface area contributed by atoms with Gasteiger partial charge in [0.15, 0.2) is 0 Å². The molecule has 0 aromatic carbocycles. The van der Waals surface area contributed by atoms with Crippen molar-refractivity contribution in [3.63, 3.8) is 0 Å². The summed E-state index contributed by atoms with van der Waals surface area (Å²) in [5, 5.41) is 0. The van der Waals surface area contributed by atoms with Gasteiger partial charge in [0, 0.05) is 6.42 Å². The molecule has 0 saturated carbocycles. The molecule has 0 atom stereocenters. The SMILES string of the molecule is CCCCCCCCC(CCCCCCCC)C1=C[CH]1. The standard InChI is InChI=1S/C20H37/c1-3-5-7-9-11-13-15-19(20-17-18-20)16-14-12-10-8-6-4-2/h17-19H,3-16H2,1-2H3. The lowest BCUT2D eigenvalue weighted by Gasteiger charge is -2.14. The average Bonchev–Trinajstić information content (AvgIpc) is 3.28. The zero-order valence-electron chi connectivity index (χ0n) is 14.1. The lowest BCUT2D eigenvalue weighted by atomic mass is 9.92. The predicted molar refractivity (Wildman–Crippen MR) is 91.9 cm³/mol. The van der Waals surface area contributed by atoms with Gasteiger partial charge >= 0.3 is 0 Å². The van der Waals surface area contributed by atoms with Crippen LogP contribution < -0.4 is 0 Å². The normalized spacial score (nSPS) is 13.8. The Kier molecular flexibility index (Phi) is 11.1. The minimum Gasteiger partial charge on any atom is -0.0763 e. The van der Waals surface area contributed by atoms with E-state index in [9.17, 15) is 0 Å². The van der Waals surface area contributed by atoms with Crippen molar-refractivity contribution in [3.05, 3.63) is 18.1 Å². The molecule has 1 radical (unpaired) electrons. The molecule has 117 valence electrons. The van der Waals surface area contributed by atoms with Gasteiger partial charge in [-0.25, -0.2) is 0 Å². The predicted octanol–water partition coefficient (Wildman–Crippen LogP) is 7.25. The molecular weight excluding hydrogens is 240 g/mol. The van der Waals surface area contributed by atoms with E-state index in [0.717, 1.165) is 5.92 Å². The molecule has 0 heterocycles. The summed E-state index contributed by atoms with van der Waals surface area (Å²) in [4.78, 5) is 0. The molecule has 0 heteroatoms. The van der Waals surface area contributed by atoms with Gasteiger partial charge in [0.25, 0.3) is 0 Å². The monoisotopic (exact) mass is 277 g/mol. The van der Waals surface area contributed by atoms with Crippen LogP contribution in [-0.2, 0) is 0 Å². The topological polar surface area (TPSA) is 0 Å². The molecule has 0 unspecified atom stereocenters. The summed E-state index contributed by atoms with van der Waals surface area (Å²) in [5.74, 6) is 0.910. The highest BCUT2D eigenvalue weighted by Crippen LogP contribution is 2.34. The quantitative estimate of drug-likeness (QED) is 0.276. The van der Waals surface area contributed by atoms with E-state index in [1.54, 1.807) is 5.57 Å². The van der Waals surface area contributed by atoms with Crippen molar-refractivity contribution in [2.24, 2.45) is 5.92 Å². The van der Waals surface area contributed by atoms with Crippen molar-refractivity contribution in [1.29, 1.82) is 0 Å². The maximum atomic E-state index is 2.35. The first-order chi connectivity index (χ1) is 9.88. The summed E-state index contributed by atoms with van der Waals surface area (Å²) in [5.41, 5.74) is 1.67. The number of hydrogen-bond donors (Lipinski definition) is 0. The third-order valence-electron chi connectivity index (χ3n) is 4.64. The summed E-state index contributed by atoms with van der Waals surface area (Å²) in [6.07, 6.45) is 24.8. The van der Waals surface area contributed by atoms with Crippen molar-refractivity contribution in [3.8, 4) is 0 Å². The van der Waals surface area contributed by atoms with Crippen LogP contribution in [0.25, 0.3) is 0 Å². The Morgan fingerprint density at radius 2 is 1.05 bits per heavy atom. The number of rotatable bonds is 15. The molecule has 0 aromatic rings. The van der Waals surface area contributed by atoms with Crippen molar-refractivity contribution in [2.75, 3.05) is 0 Å². The second-order valence-corrected chi connectivity index (χ2v) is 6.64. The lowest BCUT2D eigenvalue weighted by molar-refractivity contribution is 0.459. The highest BCUT2D eigenvalue weighted by atomic mass is 14.2. The van der Waals surface area contributed by atoms with E-state index in [4.69, 9.17) is 0 Å². The van der Waals surface area contributed by atoms with Crippen molar-refractivity contribution < 1.29 is 0 Å². The van der Waals surface area contributed by atoms with Crippen molar-refractivity contribution >= 4 is 0 Å². The van der Waals surface area contributed by atoms with E-state index in [-0.39, 0.29) is 0 Å². The van der Waals surface area contributed by atoms with Gasteiger partial charge in [0.05, 0.1) is 0 Å². The maximum absolute atomic E-state index is 2.35. The summed E-state index contributed by atoms with van der Waals surface area (Å²) >= 11 is 0. The number of allylic oxidation sites excluding steroid dienone is 2. The van der Waals surface area contributed by atoms with Crippen LogP contribution in [-0.4, -0.2) is 0 Å². The van der Waals surface area contributed by atoms with Gasteiger partial charge in [-0.2, -0.15) is 0 Å². The largest absolute Gasteiger partial charge is 0.0763 e. The molecule has 0 aromatic heterocycles. The van der Waals surface area contributed by atoms with Crippen LogP contribution >= 0.6 is 0 Å². The van der Waals surface area contributed by atoms with Gasteiger partial charge in [-0.15, -0.1) is 0 Å². The van der Waals surface area contributed by atoms with Gasteiger partial charge in [0.2, 0.25) is 0 Å². The first-order valence-corrected chi connectivity index (χ1v) is 9.43. The Bertz CT molecular complexity index is 222. The third-order valence-corrected chi connectivity index (χ3v) is 4.64. The Hall–Kier alpha value is -0.260. The molecule has 0 saturated heterocycles. The van der Waals surface area contributed by atoms with Crippen LogP contribution in [0.4, 0.5) is 0 Å². The summed E-state index contributed by atoms with van der Waals surface area (Å²) < 4.78 is 0. The molecule has 0 amide bonds. The van der Waals surface area contributed by atoms with Crippen LogP contribution in [0.15, 0.2) is 11.6 Å². The Morgan fingerprint density at radius 1 is 0.650 bits per heavy atom. The molecule has 0 bridgehead atoms. The zero-order valence-corrected chi connectivity index (χ0v) is 14.1. The molecule has 0 N–H and O–H groups in total. The summed E-state index contributed by atoms with van der Waals surface area (Å²) in [7, 11) is 0. The lowest BCUT2D eigenvalue weighted by Crippen LogP contribution is -1.99. The van der Waals surface area contributed by atoms with Gasteiger partial charge in [-0.3, -0.25) is 0 Å².